The van der Waals surface area contributed by atoms with Gasteiger partial charge >= 0.3 is 5.97 Å². The fourth-order valence-corrected chi connectivity index (χ4v) is 2.67. The number of hydrogen-bond acceptors (Lipinski definition) is 3. The number of aryl methyl sites for hydroxylation is 1. The lowest BCUT2D eigenvalue weighted by Gasteiger charge is -2.21. The third-order valence-electron chi connectivity index (χ3n) is 4.21. The van der Waals surface area contributed by atoms with Crippen molar-refractivity contribution in [3.63, 3.8) is 0 Å². The molecule has 0 saturated carbocycles. The predicted molar refractivity (Wildman–Crippen MR) is 94.2 cm³/mol. The fraction of sp³-hybridized carbons (Fsp3) is 0.389. The summed E-state index contributed by atoms with van der Waals surface area (Å²) in [7, 11) is 1.67. The molecular formula is C18H22FN3O4. The summed E-state index contributed by atoms with van der Waals surface area (Å²) in [4.78, 5) is 35.8. The highest BCUT2D eigenvalue weighted by atomic mass is 19.1. The first-order chi connectivity index (χ1) is 12.1. The average molecular weight is 363 g/mol. The van der Waals surface area contributed by atoms with Crippen molar-refractivity contribution >= 4 is 28.7 Å². The van der Waals surface area contributed by atoms with Crippen LogP contribution in [0.5, 0.6) is 0 Å². The van der Waals surface area contributed by atoms with Gasteiger partial charge in [0.25, 0.3) is 5.91 Å². The van der Waals surface area contributed by atoms with Crippen LogP contribution in [0, 0.1) is 11.7 Å². The zero-order chi connectivity index (χ0) is 19.6. The first-order valence-corrected chi connectivity index (χ1v) is 8.20. The number of carbonyl (C=O) groups is 3. The monoisotopic (exact) mass is 363 g/mol. The minimum Gasteiger partial charge on any atom is -0.480 e. The summed E-state index contributed by atoms with van der Waals surface area (Å²) in [6, 6.07) is 3.75. The Labute approximate surface area is 150 Å². The van der Waals surface area contributed by atoms with Crippen molar-refractivity contribution in [2.75, 3.05) is 0 Å². The molecule has 2 rings (SSSR count). The fourth-order valence-electron chi connectivity index (χ4n) is 2.67. The minimum atomic E-state index is -1.14. The van der Waals surface area contributed by atoms with Crippen LogP contribution in [0.2, 0.25) is 0 Å². The molecule has 1 aromatic carbocycles. The van der Waals surface area contributed by atoms with E-state index in [2.05, 4.69) is 10.6 Å². The summed E-state index contributed by atoms with van der Waals surface area (Å²) < 4.78 is 14.9. The molecule has 0 fully saturated rings. The highest BCUT2D eigenvalue weighted by molar-refractivity contribution is 6.01. The van der Waals surface area contributed by atoms with Crippen LogP contribution in [0.3, 0.4) is 0 Å². The molecule has 2 aromatic rings. The largest absolute Gasteiger partial charge is 0.480 e. The van der Waals surface area contributed by atoms with Crippen molar-refractivity contribution in [1.29, 1.82) is 0 Å². The second-order valence-corrected chi connectivity index (χ2v) is 6.56. The molecule has 0 radical (unpaired) electrons. The SMILES string of the molecule is CC(NC(=O)c1cc2cc(F)ccc2n1C)C(=O)NC(C(=O)O)C(C)C. The minimum absolute atomic E-state index is 0.267. The average Bonchev–Trinajstić information content (AvgIpc) is 2.87. The van der Waals surface area contributed by atoms with E-state index >= 15 is 0 Å². The highest BCUT2D eigenvalue weighted by Crippen LogP contribution is 2.20. The van der Waals surface area contributed by atoms with E-state index in [1.807, 2.05) is 0 Å². The molecule has 7 nitrogen and oxygen atoms in total. The van der Waals surface area contributed by atoms with Crippen LogP contribution in [-0.4, -0.2) is 39.5 Å². The number of aromatic nitrogens is 1. The lowest BCUT2D eigenvalue weighted by molar-refractivity contribution is -0.143. The van der Waals surface area contributed by atoms with Crippen molar-refractivity contribution in [3.05, 3.63) is 35.8 Å². The van der Waals surface area contributed by atoms with Crippen molar-refractivity contribution in [2.24, 2.45) is 13.0 Å². The van der Waals surface area contributed by atoms with Crippen LogP contribution in [0.4, 0.5) is 4.39 Å². The summed E-state index contributed by atoms with van der Waals surface area (Å²) in [5.41, 5.74) is 0.947. The number of benzene rings is 1. The molecule has 2 unspecified atom stereocenters. The maximum Gasteiger partial charge on any atom is 0.326 e. The van der Waals surface area contributed by atoms with Crippen LogP contribution < -0.4 is 10.6 Å². The van der Waals surface area contributed by atoms with Crippen LogP contribution in [-0.2, 0) is 16.6 Å². The molecule has 0 bridgehead atoms. The van der Waals surface area contributed by atoms with Gasteiger partial charge in [0.15, 0.2) is 0 Å². The van der Waals surface area contributed by atoms with E-state index in [1.54, 1.807) is 31.5 Å². The number of rotatable bonds is 6. The maximum atomic E-state index is 13.3. The third kappa shape index (κ3) is 4.01. The molecule has 0 aliphatic rings. The number of carbonyl (C=O) groups excluding carboxylic acids is 2. The van der Waals surface area contributed by atoms with Crippen LogP contribution >= 0.6 is 0 Å². The Morgan fingerprint density at radius 2 is 1.77 bits per heavy atom. The van der Waals surface area contributed by atoms with Crippen molar-refractivity contribution < 1.29 is 23.9 Å². The molecule has 140 valence electrons. The summed E-state index contributed by atoms with van der Waals surface area (Å²) in [6.07, 6.45) is 0. The van der Waals surface area contributed by atoms with Gasteiger partial charge in [0.05, 0.1) is 0 Å². The Balaban J connectivity index is 2.12. The number of fused-ring (bicyclic) bond motifs is 1. The predicted octanol–water partition coefficient (Wildman–Crippen LogP) is 1.66. The molecule has 1 aromatic heterocycles. The molecule has 26 heavy (non-hydrogen) atoms. The van der Waals surface area contributed by atoms with Crippen LogP contribution in [0.1, 0.15) is 31.3 Å². The smallest absolute Gasteiger partial charge is 0.326 e. The van der Waals surface area contributed by atoms with Gasteiger partial charge in [-0.2, -0.15) is 0 Å². The van der Waals surface area contributed by atoms with E-state index in [4.69, 9.17) is 5.11 Å². The molecule has 8 heteroatoms. The Morgan fingerprint density at radius 3 is 2.35 bits per heavy atom. The summed E-state index contributed by atoms with van der Waals surface area (Å²) >= 11 is 0. The summed E-state index contributed by atoms with van der Waals surface area (Å²) in [6.45, 7) is 4.82. The number of aliphatic carboxylic acids is 1. The first kappa shape index (κ1) is 19.4. The first-order valence-electron chi connectivity index (χ1n) is 8.20. The second-order valence-electron chi connectivity index (χ2n) is 6.56. The van der Waals surface area contributed by atoms with E-state index in [9.17, 15) is 18.8 Å². The van der Waals surface area contributed by atoms with E-state index in [0.29, 0.717) is 10.9 Å². The lowest BCUT2D eigenvalue weighted by atomic mass is 10.0. The van der Waals surface area contributed by atoms with E-state index in [0.717, 1.165) is 0 Å². The van der Waals surface area contributed by atoms with Gasteiger partial charge in [0, 0.05) is 18.0 Å². The molecule has 0 saturated heterocycles. The zero-order valence-corrected chi connectivity index (χ0v) is 15.0. The third-order valence-corrected chi connectivity index (χ3v) is 4.21. The number of nitrogens with zero attached hydrogens (tertiary/aromatic N) is 1. The lowest BCUT2D eigenvalue weighted by Crippen LogP contribution is -2.52. The van der Waals surface area contributed by atoms with Crippen molar-refractivity contribution in [1.82, 2.24) is 15.2 Å². The quantitative estimate of drug-likeness (QED) is 0.727. The topological polar surface area (TPSA) is 100 Å². The van der Waals surface area contributed by atoms with E-state index < -0.39 is 35.7 Å². The number of carboxylic acids is 1. The Bertz CT molecular complexity index is 859. The number of nitrogens with one attached hydrogen (secondary N) is 2. The van der Waals surface area contributed by atoms with Gasteiger partial charge in [0.2, 0.25) is 5.91 Å². The zero-order valence-electron chi connectivity index (χ0n) is 15.0. The van der Waals surface area contributed by atoms with Gasteiger partial charge < -0.3 is 20.3 Å². The van der Waals surface area contributed by atoms with E-state index in [-0.39, 0.29) is 11.6 Å². The molecule has 0 spiro atoms. The normalized spacial score (nSPS) is 13.5. The Morgan fingerprint density at radius 1 is 1.12 bits per heavy atom. The van der Waals surface area contributed by atoms with Gasteiger partial charge in [0.1, 0.15) is 23.6 Å². The molecule has 0 aliphatic heterocycles. The Hall–Kier alpha value is -2.90. The summed E-state index contributed by atoms with van der Waals surface area (Å²) in [5, 5.41) is 14.7. The van der Waals surface area contributed by atoms with Crippen LogP contribution in [0.25, 0.3) is 10.9 Å². The van der Waals surface area contributed by atoms with Gasteiger partial charge in [-0.05, 0) is 37.1 Å². The van der Waals surface area contributed by atoms with Gasteiger partial charge in [-0.15, -0.1) is 0 Å². The molecule has 2 amide bonds. The van der Waals surface area contributed by atoms with Gasteiger partial charge in [-0.25, -0.2) is 9.18 Å². The standard InChI is InChI=1S/C18H22FN3O4/c1-9(2)15(18(25)26)21-16(23)10(3)20-17(24)14-8-11-7-12(19)5-6-13(11)22(14)4/h5-10,15H,1-4H3,(H,20,24)(H,21,23)(H,25,26). The molecule has 0 aliphatic carbocycles. The van der Waals surface area contributed by atoms with Crippen LogP contribution in [0.15, 0.2) is 24.3 Å². The summed E-state index contributed by atoms with van der Waals surface area (Å²) in [5.74, 6) is -2.95. The molecule has 1 heterocycles. The Kier molecular flexibility index (Phi) is 5.64. The molecular weight excluding hydrogens is 341 g/mol. The van der Waals surface area contributed by atoms with E-state index in [1.165, 1.54) is 25.1 Å². The molecule has 3 N–H and O–H groups in total. The number of hydrogen-bond donors (Lipinski definition) is 3. The maximum absolute atomic E-state index is 13.3. The van der Waals surface area contributed by atoms with Gasteiger partial charge in [-0.3, -0.25) is 9.59 Å². The number of amides is 2. The van der Waals surface area contributed by atoms with Crippen molar-refractivity contribution in [3.8, 4) is 0 Å². The number of carboxylic acid groups (broad SMARTS) is 1. The highest BCUT2D eigenvalue weighted by Gasteiger charge is 2.27. The second kappa shape index (κ2) is 7.55. The van der Waals surface area contributed by atoms with Gasteiger partial charge in [-0.1, -0.05) is 13.8 Å². The van der Waals surface area contributed by atoms with Crippen molar-refractivity contribution in [2.45, 2.75) is 32.9 Å². The molecule has 2 atom stereocenters. The number of halogens is 1.